The lowest BCUT2D eigenvalue weighted by molar-refractivity contribution is 0.0756. The van der Waals surface area contributed by atoms with Gasteiger partial charge >= 0.3 is 0 Å². The van der Waals surface area contributed by atoms with Crippen molar-refractivity contribution in [2.45, 2.75) is 12.2 Å². The van der Waals surface area contributed by atoms with Gasteiger partial charge in [0.15, 0.2) is 10.8 Å². The van der Waals surface area contributed by atoms with E-state index in [4.69, 9.17) is 11.6 Å². The highest BCUT2D eigenvalue weighted by Gasteiger charge is 2.23. The topological polar surface area (TPSA) is 46.1 Å². The third kappa shape index (κ3) is 2.65. The summed E-state index contributed by atoms with van der Waals surface area (Å²) in [4.78, 5) is 13.8. The predicted octanol–water partition coefficient (Wildman–Crippen LogP) is 1.71. The van der Waals surface area contributed by atoms with E-state index >= 15 is 0 Å². The number of carbonyl (C=O) groups excluding carboxylic acids is 1. The summed E-state index contributed by atoms with van der Waals surface area (Å²) in [5.74, 6) is 0.921. The van der Waals surface area contributed by atoms with Crippen LogP contribution in [0, 0.1) is 0 Å². The predicted molar refractivity (Wildman–Crippen MR) is 64.9 cm³/mol. The Labute approximate surface area is 103 Å². The van der Waals surface area contributed by atoms with E-state index in [1.165, 1.54) is 0 Å². The normalized spacial score (nSPS) is 20.9. The van der Waals surface area contributed by atoms with Crippen LogP contribution in [-0.2, 0) is 0 Å². The minimum absolute atomic E-state index is 0.0590. The zero-order valence-electron chi connectivity index (χ0n) is 8.89. The number of hydrogen-bond acceptors (Lipinski definition) is 4. The summed E-state index contributed by atoms with van der Waals surface area (Å²) in [6.45, 7) is 3.67. The average Bonchev–Trinajstić information content (AvgIpc) is 2.29. The van der Waals surface area contributed by atoms with Gasteiger partial charge in [-0.05, 0) is 12.1 Å². The van der Waals surface area contributed by atoms with E-state index in [2.05, 4.69) is 17.1 Å². The second-order valence-electron chi connectivity index (χ2n) is 3.67. The molecule has 1 saturated heterocycles. The van der Waals surface area contributed by atoms with E-state index in [9.17, 15) is 4.79 Å². The van der Waals surface area contributed by atoms with Gasteiger partial charge in [0.1, 0.15) is 0 Å². The Morgan fingerprint density at radius 1 is 1.56 bits per heavy atom. The van der Waals surface area contributed by atoms with Crippen molar-refractivity contribution in [1.29, 1.82) is 0 Å². The van der Waals surface area contributed by atoms with Gasteiger partial charge in [-0.2, -0.15) is 11.8 Å². The molecule has 1 amide bonds. The van der Waals surface area contributed by atoms with Gasteiger partial charge in [0.25, 0.3) is 5.91 Å². The fourth-order valence-electron chi connectivity index (χ4n) is 1.59. The molecule has 4 nitrogen and oxygen atoms in total. The van der Waals surface area contributed by atoms with E-state index in [0.29, 0.717) is 16.1 Å². The van der Waals surface area contributed by atoms with Crippen LogP contribution in [0.25, 0.3) is 0 Å². The van der Waals surface area contributed by atoms with Crippen LogP contribution in [0.4, 0.5) is 0 Å². The van der Waals surface area contributed by atoms with Crippen molar-refractivity contribution < 1.29 is 4.79 Å². The molecule has 6 heteroatoms. The molecule has 0 aromatic carbocycles. The summed E-state index contributed by atoms with van der Waals surface area (Å²) in [6, 6.07) is 3.20. The molecule has 1 unspecified atom stereocenters. The van der Waals surface area contributed by atoms with E-state index in [0.717, 1.165) is 18.8 Å². The van der Waals surface area contributed by atoms with Crippen molar-refractivity contribution in [1.82, 2.24) is 15.1 Å². The lowest BCUT2D eigenvalue weighted by atomic mass is 10.3. The van der Waals surface area contributed by atoms with Gasteiger partial charge in [-0.1, -0.05) is 18.5 Å². The lowest BCUT2D eigenvalue weighted by Gasteiger charge is -2.30. The molecule has 1 fully saturated rings. The maximum Gasteiger partial charge on any atom is 0.274 e. The summed E-state index contributed by atoms with van der Waals surface area (Å²) in [5, 5.41) is 8.26. The number of hydrogen-bond donors (Lipinski definition) is 0. The summed E-state index contributed by atoms with van der Waals surface area (Å²) in [5.41, 5.74) is 0.364. The fourth-order valence-corrected chi connectivity index (χ4v) is 2.71. The highest BCUT2D eigenvalue weighted by Crippen LogP contribution is 2.19. The molecule has 1 aliphatic heterocycles. The van der Waals surface area contributed by atoms with Gasteiger partial charge in [-0.25, -0.2) is 0 Å². The SMILES string of the molecule is CC1CN(C(=O)c2ccc(Cl)nn2)CCS1. The largest absolute Gasteiger partial charge is 0.335 e. The van der Waals surface area contributed by atoms with Crippen molar-refractivity contribution in [3.63, 3.8) is 0 Å². The zero-order chi connectivity index (χ0) is 11.5. The van der Waals surface area contributed by atoms with Crippen molar-refractivity contribution in [3.05, 3.63) is 23.0 Å². The molecule has 1 atom stereocenters. The molecule has 0 aliphatic carbocycles. The number of halogens is 1. The summed E-state index contributed by atoms with van der Waals surface area (Å²) >= 11 is 7.51. The third-order valence-electron chi connectivity index (χ3n) is 2.38. The number of thioether (sulfide) groups is 1. The van der Waals surface area contributed by atoms with Crippen molar-refractivity contribution in [2.24, 2.45) is 0 Å². The number of carbonyl (C=O) groups is 1. The lowest BCUT2D eigenvalue weighted by Crippen LogP contribution is -2.41. The first-order valence-corrected chi connectivity index (χ1v) is 6.49. The van der Waals surface area contributed by atoms with Crippen LogP contribution in [0.1, 0.15) is 17.4 Å². The molecule has 2 heterocycles. The third-order valence-corrected chi connectivity index (χ3v) is 3.72. The summed E-state index contributed by atoms with van der Waals surface area (Å²) in [6.07, 6.45) is 0. The Hall–Kier alpha value is -0.810. The molecule has 0 radical (unpaired) electrons. The second kappa shape index (κ2) is 5.01. The maximum absolute atomic E-state index is 12.0. The Morgan fingerprint density at radius 3 is 3.00 bits per heavy atom. The van der Waals surface area contributed by atoms with Crippen LogP contribution >= 0.6 is 23.4 Å². The van der Waals surface area contributed by atoms with Gasteiger partial charge in [-0.3, -0.25) is 4.79 Å². The van der Waals surface area contributed by atoms with Gasteiger partial charge < -0.3 is 4.90 Å². The number of amides is 1. The molecule has 86 valence electrons. The number of rotatable bonds is 1. The maximum atomic E-state index is 12.0. The second-order valence-corrected chi connectivity index (χ2v) is 5.61. The molecule has 1 aliphatic rings. The zero-order valence-corrected chi connectivity index (χ0v) is 10.5. The Balaban J connectivity index is 2.09. The first-order valence-electron chi connectivity index (χ1n) is 5.07. The fraction of sp³-hybridized carbons (Fsp3) is 0.500. The quantitative estimate of drug-likeness (QED) is 0.768. The number of aromatic nitrogens is 2. The first kappa shape index (κ1) is 11.7. The summed E-state index contributed by atoms with van der Waals surface area (Å²) in [7, 11) is 0. The molecule has 1 aromatic heterocycles. The van der Waals surface area contributed by atoms with Crippen molar-refractivity contribution in [3.8, 4) is 0 Å². The van der Waals surface area contributed by atoms with Gasteiger partial charge in [0.05, 0.1) is 0 Å². The molecular weight excluding hydrogens is 246 g/mol. The van der Waals surface area contributed by atoms with Gasteiger partial charge in [-0.15, -0.1) is 10.2 Å². The van der Waals surface area contributed by atoms with Gasteiger partial charge in [0, 0.05) is 24.1 Å². The van der Waals surface area contributed by atoms with Crippen LogP contribution in [0.2, 0.25) is 5.15 Å². The smallest absolute Gasteiger partial charge is 0.274 e. The molecule has 0 N–H and O–H groups in total. The Kier molecular flexibility index (Phi) is 3.66. The molecular formula is C10H12ClN3OS. The molecule has 0 saturated carbocycles. The molecule has 0 bridgehead atoms. The van der Waals surface area contributed by atoms with E-state index in [-0.39, 0.29) is 5.91 Å². The highest BCUT2D eigenvalue weighted by atomic mass is 35.5. The number of nitrogens with zero attached hydrogens (tertiary/aromatic N) is 3. The van der Waals surface area contributed by atoms with Crippen LogP contribution in [0.15, 0.2) is 12.1 Å². The van der Waals surface area contributed by atoms with E-state index in [1.54, 1.807) is 12.1 Å². The van der Waals surface area contributed by atoms with E-state index < -0.39 is 0 Å². The van der Waals surface area contributed by atoms with Gasteiger partial charge in [0.2, 0.25) is 0 Å². The Morgan fingerprint density at radius 2 is 2.38 bits per heavy atom. The van der Waals surface area contributed by atoms with Crippen LogP contribution in [0.3, 0.4) is 0 Å². The standard InChI is InChI=1S/C10H12ClN3OS/c1-7-6-14(4-5-16-7)10(15)8-2-3-9(11)13-12-8/h2-3,7H,4-6H2,1H3. The van der Waals surface area contributed by atoms with Crippen molar-refractivity contribution in [2.75, 3.05) is 18.8 Å². The monoisotopic (exact) mass is 257 g/mol. The van der Waals surface area contributed by atoms with Crippen LogP contribution in [-0.4, -0.2) is 45.1 Å². The van der Waals surface area contributed by atoms with Crippen molar-refractivity contribution >= 4 is 29.3 Å². The Bertz CT molecular complexity index is 384. The molecule has 1 aromatic rings. The van der Waals surface area contributed by atoms with Crippen LogP contribution in [0.5, 0.6) is 0 Å². The molecule has 0 spiro atoms. The molecule has 16 heavy (non-hydrogen) atoms. The van der Waals surface area contributed by atoms with E-state index in [1.807, 2.05) is 16.7 Å². The average molecular weight is 258 g/mol. The highest BCUT2D eigenvalue weighted by molar-refractivity contribution is 7.99. The minimum atomic E-state index is -0.0590. The molecule has 2 rings (SSSR count). The van der Waals surface area contributed by atoms with Crippen LogP contribution < -0.4 is 0 Å². The minimum Gasteiger partial charge on any atom is -0.335 e. The first-order chi connectivity index (χ1) is 7.66. The summed E-state index contributed by atoms with van der Waals surface area (Å²) < 4.78 is 0.